The fourth-order valence-corrected chi connectivity index (χ4v) is 3.42. The highest BCUT2D eigenvalue weighted by atomic mass is 79.9. The minimum Gasteiger partial charge on any atom is -0.496 e. The third-order valence-electron chi connectivity index (χ3n) is 2.70. The highest BCUT2D eigenvalue weighted by molar-refractivity contribution is 9.11. The summed E-state index contributed by atoms with van der Waals surface area (Å²) < 4.78 is 12.3. The summed E-state index contributed by atoms with van der Waals surface area (Å²) in [7, 11) is 3.16. The number of thiophene rings is 1. The Bertz CT molecular complexity index is 583. The first-order valence-electron chi connectivity index (χ1n) is 5.40. The van der Waals surface area contributed by atoms with E-state index in [4.69, 9.17) is 9.47 Å². The average molecular weight is 408 g/mol. The fraction of sp³-hybridized carbons (Fsp3) is 0.231. The molecule has 0 aliphatic heterocycles. The first-order chi connectivity index (χ1) is 9.06. The monoisotopic (exact) mass is 406 g/mol. The zero-order valence-corrected chi connectivity index (χ0v) is 14.3. The van der Waals surface area contributed by atoms with Crippen LogP contribution in [0, 0.1) is 0 Å². The van der Waals surface area contributed by atoms with Crippen molar-refractivity contribution in [3.8, 4) is 11.5 Å². The van der Waals surface area contributed by atoms with Crippen molar-refractivity contribution in [2.75, 3.05) is 14.2 Å². The number of aliphatic hydroxyl groups is 1. The van der Waals surface area contributed by atoms with Crippen LogP contribution < -0.4 is 9.47 Å². The average Bonchev–Trinajstić information content (AvgIpc) is 2.84. The maximum absolute atomic E-state index is 10.5. The van der Waals surface area contributed by atoms with Gasteiger partial charge in [0.1, 0.15) is 17.6 Å². The molecule has 1 aromatic carbocycles. The Hall–Kier alpha value is -0.560. The van der Waals surface area contributed by atoms with E-state index in [9.17, 15) is 5.11 Å². The second kappa shape index (κ2) is 6.26. The summed E-state index contributed by atoms with van der Waals surface area (Å²) in [5, 5.41) is 12.4. The summed E-state index contributed by atoms with van der Waals surface area (Å²) in [4.78, 5) is 0. The lowest BCUT2D eigenvalue weighted by atomic mass is 10.0. The van der Waals surface area contributed by atoms with E-state index >= 15 is 0 Å². The number of halogens is 2. The van der Waals surface area contributed by atoms with Crippen LogP contribution in [0.5, 0.6) is 11.5 Å². The van der Waals surface area contributed by atoms with Crippen molar-refractivity contribution in [2.24, 2.45) is 0 Å². The van der Waals surface area contributed by atoms with Crippen LogP contribution in [0.2, 0.25) is 0 Å². The van der Waals surface area contributed by atoms with Crippen LogP contribution in [0.1, 0.15) is 17.2 Å². The molecule has 0 bridgehead atoms. The second-order valence-corrected chi connectivity index (χ2v) is 6.96. The van der Waals surface area contributed by atoms with Crippen molar-refractivity contribution < 1.29 is 14.6 Å². The molecule has 102 valence electrons. The van der Waals surface area contributed by atoms with E-state index in [1.165, 1.54) is 11.3 Å². The largest absolute Gasteiger partial charge is 0.496 e. The molecule has 1 atom stereocenters. The molecule has 0 aliphatic carbocycles. The van der Waals surface area contributed by atoms with Crippen LogP contribution in [0.4, 0.5) is 0 Å². The quantitative estimate of drug-likeness (QED) is 0.817. The molecule has 0 saturated carbocycles. The van der Waals surface area contributed by atoms with Crippen molar-refractivity contribution in [3.05, 3.63) is 43.0 Å². The van der Waals surface area contributed by atoms with Gasteiger partial charge in [0.2, 0.25) is 0 Å². The molecule has 0 radical (unpaired) electrons. The lowest BCUT2D eigenvalue weighted by molar-refractivity contribution is 0.214. The minimum absolute atomic E-state index is 0.613. The number of rotatable bonds is 4. The Morgan fingerprint density at radius 1 is 1.11 bits per heavy atom. The minimum atomic E-state index is -0.750. The van der Waals surface area contributed by atoms with Crippen molar-refractivity contribution in [1.29, 1.82) is 0 Å². The number of hydrogen-bond acceptors (Lipinski definition) is 4. The molecule has 0 fully saturated rings. The SMILES string of the molecule is COc1cc(C(O)c2csc(Br)c2)c(OC)cc1Br. The number of benzene rings is 1. The molecular weight excluding hydrogens is 396 g/mol. The zero-order chi connectivity index (χ0) is 14.0. The molecule has 1 N–H and O–H groups in total. The van der Waals surface area contributed by atoms with E-state index in [1.807, 2.05) is 11.4 Å². The number of aliphatic hydroxyl groups excluding tert-OH is 1. The van der Waals surface area contributed by atoms with E-state index < -0.39 is 6.10 Å². The molecule has 0 spiro atoms. The Morgan fingerprint density at radius 3 is 2.32 bits per heavy atom. The predicted octanol–water partition coefficient (Wildman–Crippen LogP) is 4.37. The van der Waals surface area contributed by atoms with Crippen molar-refractivity contribution in [1.82, 2.24) is 0 Å². The van der Waals surface area contributed by atoms with E-state index in [-0.39, 0.29) is 0 Å². The van der Waals surface area contributed by atoms with Gasteiger partial charge in [0.25, 0.3) is 0 Å². The molecule has 1 heterocycles. The third kappa shape index (κ3) is 3.13. The van der Waals surface area contributed by atoms with Crippen LogP contribution in [0.25, 0.3) is 0 Å². The van der Waals surface area contributed by atoms with Crippen LogP contribution >= 0.6 is 43.2 Å². The molecule has 19 heavy (non-hydrogen) atoms. The molecule has 1 aromatic heterocycles. The maximum atomic E-state index is 10.5. The number of methoxy groups -OCH3 is 2. The van der Waals surface area contributed by atoms with Gasteiger partial charge in [-0.15, -0.1) is 11.3 Å². The van der Waals surface area contributed by atoms with Crippen LogP contribution in [-0.2, 0) is 0 Å². The summed E-state index contributed by atoms with van der Waals surface area (Å²) >= 11 is 8.32. The Balaban J connectivity index is 2.48. The molecule has 0 aliphatic rings. The normalized spacial score (nSPS) is 12.3. The third-order valence-corrected chi connectivity index (χ3v) is 4.84. The highest BCUT2D eigenvalue weighted by Crippen LogP contribution is 2.39. The summed E-state index contributed by atoms with van der Waals surface area (Å²) in [5.74, 6) is 1.27. The summed E-state index contributed by atoms with van der Waals surface area (Å²) in [6.45, 7) is 0. The first-order valence-corrected chi connectivity index (χ1v) is 7.86. The van der Waals surface area contributed by atoms with Gasteiger partial charge < -0.3 is 14.6 Å². The lowest BCUT2D eigenvalue weighted by Gasteiger charge is -2.16. The van der Waals surface area contributed by atoms with Gasteiger partial charge in [-0.2, -0.15) is 0 Å². The van der Waals surface area contributed by atoms with Gasteiger partial charge >= 0.3 is 0 Å². The van der Waals surface area contributed by atoms with E-state index in [0.29, 0.717) is 17.1 Å². The Kier molecular flexibility index (Phi) is 4.89. The predicted molar refractivity (Wildman–Crippen MR) is 83.3 cm³/mol. The topological polar surface area (TPSA) is 38.7 Å². The highest BCUT2D eigenvalue weighted by Gasteiger charge is 2.19. The molecule has 2 aromatic rings. The van der Waals surface area contributed by atoms with Crippen LogP contribution in [-0.4, -0.2) is 19.3 Å². The van der Waals surface area contributed by atoms with Gasteiger partial charge in [-0.05, 0) is 61.0 Å². The molecule has 3 nitrogen and oxygen atoms in total. The molecule has 6 heteroatoms. The van der Waals surface area contributed by atoms with Crippen LogP contribution in [0.15, 0.2) is 31.8 Å². The van der Waals surface area contributed by atoms with E-state index in [1.54, 1.807) is 26.4 Å². The van der Waals surface area contributed by atoms with Crippen LogP contribution in [0.3, 0.4) is 0 Å². The van der Waals surface area contributed by atoms with Gasteiger partial charge in [0.05, 0.1) is 22.5 Å². The van der Waals surface area contributed by atoms with Crippen molar-refractivity contribution in [2.45, 2.75) is 6.10 Å². The second-order valence-electron chi connectivity index (χ2n) is 3.82. The van der Waals surface area contributed by atoms with Gasteiger partial charge in [-0.3, -0.25) is 0 Å². The Morgan fingerprint density at radius 2 is 1.79 bits per heavy atom. The molecule has 1 unspecified atom stereocenters. The first kappa shape index (κ1) is 14.8. The lowest BCUT2D eigenvalue weighted by Crippen LogP contribution is -2.02. The molecule has 2 rings (SSSR count). The van der Waals surface area contributed by atoms with E-state index in [2.05, 4.69) is 31.9 Å². The van der Waals surface area contributed by atoms with E-state index in [0.717, 1.165) is 13.8 Å². The smallest absolute Gasteiger partial charge is 0.133 e. The van der Waals surface area contributed by atoms with Gasteiger partial charge in [0, 0.05) is 5.56 Å². The molecule has 0 amide bonds. The standard InChI is InChI=1S/C13H12Br2O3S/c1-17-10-5-9(14)11(18-2)4-8(10)13(16)7-3-12(15)19-6-7/h3-6,13,16H,1-2H3. The number of hydrogen-bond donors (Lipinski definition) is 1. The molecular formula is C13H12Br2O3S. The van der Waals surface area contributed by atoms with Crippen molar-refractivity contribution >= 4 is 43.2 Å². The van der Waals surface area contributed by atoms with Gasteiger partial charge in [0.15, 0.2) is 0 Å². The summed E-state index contributed by atoms with van der Waals surface area (Å²) in [6.07, 6.45) is -0.750. The summed E-state index contributed by atoms with van der Waals surface area (Å²) in [5.41, 5.74) is 1.49. The fourth-order valence-electron chi connectivity index (χ4n) is 1.74. The zero-order valence-electron chi connectivity index (χ0n) is 10.3. The van der Waals surface area contributed by atoms with Gasteiger partial charge in [-0.1, -0.05) is 0 Å². The van der Waals surface area contributed by atoms with Gasteiger partial charge in [-0.25, -0.2) is 0 Å². The van der Waals surface area contributed by atoms with Crippen molar-refractivity contribution in [3.63, 3.8) is 0 Å². The maximum Gasteiger partial charge on any atom is 0.133 e. The summed E-state index contributed by atoms with van der Waals surface area (Å²) in [6, 6.07) is 5.46. The number of ether oxygens (including phenoxy) is 2. The Labute approximate surface area is 132 Å². The molecule has 0 saturated heterocycles.